The number of anilines is 2. The zero-order valence-corrected chi connectivity index (χ0v) is 17.9. The van der Waals surface area contributed by atoms with Crippen molar-refractivity contribution in [2.75, 3.05) is 11.5 Å². The topological polar surface area (TPSA) is 52.0 Å². The molecule has 0 atom stereocenters. The molecule has 0 radical (unpaired) electrons. The van der Waals surface area contributed by atoms with E-state index in [2.05, 4.69) is 0 Å². The number of nitrogens with two attached hydrogens (primary N) is 2. The standard InChI is InChI=1S/C13H5Cl9N2/c14-5-2(1-3(13(20,21)22)11(23)8(5)17)4-6(15)9(18)12(24)10(19)7(4)16/h1H,23-24H2. The van der Waals surface area contributed by atoms with Gasteiger partial charge >= 0.3 is 0 Å². The van der Waals surface area contributed by atoms with Crippen molar-refractivity contribution in [2.24, 2.45) is 0 Å². The average Bonchev–Trinajstić information content (AvgIpc) is 2.49. The van der Waals surface area contributed by atoms with Gasteiger partial charge in [-0.1, -0.05) is 104 Å². The van der Waals surface area contributed by atoms with Gasteiger partial charge in [0, 0.05) is 16.7 Å². The van der Waals surface area contributed by atoms with Crippen molar-refractivity contribution in [1.82, 2.24) is 0 Å². The second-order valence-electron chi connectivity index (χ2n) is 4.56. The highest BCUT2D eigenvalue weighted by atomic mass is 35.6. The lowest BCUT2D eigenvalue weighted by Gasteiger charge is -2.20. The van der Waals surface area contributed by atoms with Gasteiger partial charge in [-0.25, -0.2) is 0 Å². The average molecular weight is 508 g/mol. The molecule has 2 nitrogen and oxygen atoms in total. The van der Waals surface area contributed by atoms with Crippen molar-refractivity contribution < 1.29 is 0 Å². The smallest absolute Gasteiger partial charge is 0.218 e. The van der Waals surface area contributed by atoms with Crippen molar-refractivity contribution in [3.05, 3.63) is 41.8 Å². The molecule has 130 valence electrons. The quantitative estimate of drug-likeness (QED) is 0.232. The van der Waals surface area contributed by atoms with Crippen LogP contribution in [-0.2, 0) is 3.79 Å². The molecule has 0 amide bonds. The molecular formula is C13H5Cl9N2. The molecule has 24 heavy (non-hydrogen) atoms. The Kier molecular flexibility index (Phi) is 6.41. The van der Waals surface area contributed by atoms with E-state index in [1.807, 2.05) is 0 Å². The van der Waals surface area contributed by atoms with E-state index < -0.39 is 3.79 Å². The minimum absolute atomic E-state index is 0.000476. The maximum atomic E-state index is 6.27. The van der Waals surface area contributed by atoms with E-state index in [1.165, 1.54) is 6.07 Å². The molecule has 2 rings (SSSR count). The van der Waals surface area contributed by atoms with Gasteiger partial charge in [-0.2, -0.15) is 0 Å². The number of nitrogen functional groups attached to an aromatic ring is 2. The fraction of sp³-hybridized carbons (Fsp3) is 0.0769. The van der Waals surface area contributed by atoms with Gasteiger partial charge in [-0.15, -0.1) is 0 Å². The summed E-state index contributed by atoms with van der Waals surface area (Å²) in [6, 6.07) is 1.40. The summed E-state index contributed by atoms with van der Waals surface area (Å²) in [5.41, 5.74) is 12.2. The molecular weight excluding hydrogens is 503 g/mol. The first-order chi connectivity index (χ1) is 10.9. The Hall–Kier alpha value is 0.650. The van der Waals surface area contributed by atoms with Crippen molar-refractivity contribution in [3.8, 4) is 11.1 Å². The predicted octanol–water partition coefficient (Wildman–Crippen LogP) is 8.27. The second kappa shape index (κ2) is 7.34. The molecule has 0 unspecified atom stereocenters. The molecule has 0 aliphatic carbocycles. The van der Waals surface area contributed by atoms with Crippen molar-refractivity contribution in [3.63, 3.8) is 0 Å². The van der Waals surface area contributed by atoms with Gasteiger partial charge in [-0.3, -0.25) is 0 Å². The number of hydrogen-bond acceptors (Lipinski definition) is 2. The van der Waals surface area contributed by atoms with Crippen LogP contribution in [0.2, 0.25) is 30.1 Å². The summed E-state index contributed by atoms with van der Waals surface area (Å²) in [5, 5.41) is 0.0312. The zero-order valence-electron chi connectivity index (χ0n) is 11.1. The van der Waals surface area contributed by atoms with Gasteiger partial charge in [0.15, 0.2) is 0 Å². The van der Waals surface area contributed by atoms with E-state index in [1.54, 1.807) is 0 Å². The second-order valence-corrected chi connectivity index (χ2v) is 9.10. The van der Waals surface area contributed by atoms with E-state index in [4.69, 9.17) is 116 Å². The third-order valence-corrected chi connectivity index (χ3v) is 6.34. The van der Waals surface area contributed by atoms with Crippen LogP contribution in [-0.4, -0.2) is 0 Å². The predicted molar refractivity (Wildman–Crippen MR) is 110 cm³/mol. The fourth-order valence-electron chi connectivity index (χ4n) is 1.94. The third kappa shape index (κ3) is 3.55. The van der Waals surface area contributed by atoms with Crippen LogP contribution in [0.15, 0.2) is 6.07 Å². The molecule has 0 aromatic heterocycles. The Labute approximate surface area is 182 Å². The van der Waals surface area contributed by atoms with Gasteiger partial charge < -0.3 is 11.5 Å². The van der Waals surface area contributed by atoms with Crippen LogP contribution in [0.1, 0.15) is 5.56 Å². The lowest BCUT2D eigenvalue weighted by atomic mass is 10.0. The monoisotopic (exact) mass is 504 g/mol. The van der Waals surface area contributed by atoms with Crippen LogP contribution < -0.4 is 11.5 Å². The molecule has 0 bridgehead atoms. The molecule has 0 spiro atoms. The van der Waals surface area contributed by atoms with Gasteiger partial charge in [0.1, 0.15) is 0 Å². The fourth-order valence-corrected chi connectivity index (χ4v) is 3.94. The lowest BCUT2D eigenvalue weighted by molar-refractivity contribution is 1.25. The van der Waals surface area contributed by atoms with E-state index in [9.17, 15) is 0 Å². The van der Waals surface area contributed by atoms with Crippen LogP contribution in [0.5, 0.6) is 0 Å². The molecule has 0 heterocycles. The van der Waals surface area contributed by atoms with Crippen LogP contribution in [0, 0.1) is 0 Å². The number of halogens is 9. The minimum Gasteiger partial charge on any atom is -0.397 e. The number of alkyl halides is 3. The summed E-state index contributed by atoms with van der Waals surface area (Å²) >= 11 is 54.9. The molecule has 2 aromatic rings. The van der Waals surface area contributed by atoms with Crippen LogP contribution >= 0.6 is 104 Å². The van der Waals surface area contributed by atoms with E-state index in [-0.39, 0.29) is 58.2 Å². The number of benzene rings is 2. The van der Waals surface area contributed by atoms with Crippen molar-refractivity contribution in [1.29, 1.82) is 0 Å². The Bertz CT molecular complexity index is 814. The molecule has 0 saturated carbocycles. The maximum absolute atomic E-state index is 6.27. The first kappa shape index (κ1) is 21.0. The Balaban J connectivity index is 2.97. The van der Waals surface area contributed by atoms with E-state index >= 15 is 0 Å². The minimum atomic E-state index is -1.87. The van der Waals surface area contributed by atoms with Gasteiger partial charge in [-0.05, 0) is 6.07 Å². The normalized spacial score (nSPS) is 11.9. The highest BCUT2D eigenvalue weighted by Crippen LogP contribution is 2.53. The summed E-state index contributed by atoms with van der Waals surface area (Å²) < 4.78 is -1.87. The molecule has 0 aliphatic rings. The summed E-state index contributed by atoms with van der Waals surface area (Å²) in [6.07, 6.45) is 0. The van der Waals surface area contributed by atoms with Crippen molar-refractivity contribution in [2.45, 2.75) is 3.79 Å². The summed E-state index contributed by atoms with van der Waals surface area (Å²) in [5.74, 6) is 0. The molecule has 11 heteroatoms. The first-order valence-electron chi connectivity index (χ1n) is 5.86. The van der Waals surface area contributed by atoms with Gasteiger partial charge in [0.05, 0.1) is 41.5 Å². The van der Waals surface area contributed by atoms with E-state index in [0.717, 1.165) is 0 Å². The maximum Gasteiger partial charge on any atom is 0.218 e. The summed E-state index contributed by atoms with van der Waals surface area (Å²) in [7, 11) is 0. The van der Waals surface area contributed by atoms with Crippen LogP contribution in [0.3, 0.4) is 0 Å². The first-order valence-corrected chi connectivity index (χ1v) is 9.26. The molecule has 2 aromatic carbocycles. The van der Waals surface area contributed by atoms with Crippen LogP contribution in [0.25, 0.3) is 11.1 Å². The SMILES string of the molecule is Nc1c(C(Cl)(Cl)Cl)cc(-c2c(Cl)c(Cl)c(N)c(Cl)c2Cl)c(Cl)c1Cl. The van der Waals surface area contributed by atoms with Gasteiger partial charge in [0.25, 0.3) is 0 Å². The zero-order chi connectivity index (χ0) is 18.6. The Morgan fingerprint density at radius 3 is 1.46 bits per heavy atom. The van der Waals surface area contributed by atoms with Crippen molar-refractivity contribution >= 4 is 116 Å². The molecule has 0 fully saturated rings. The Morgan fingerprint density at radius 1 is 0.625 bits per heavy atom. The summed E-state index contributed by atoms with van der Waals surface area (Å²) in [6.45, 7) is 0. The highest BCUT2D eigenvalue weighted by Gasteiger charge is 2.31. The van der Waals surface area contributed by atoms with E-state index in [0.29, 0.717) is 0 Å². The van der Waals surface area contributed by atoms with Crippen LogP contribution in [0.4, 0.5) is 11.4 Å². The highest BCUT2D eigenvalue weighted by molar-refractivity contribution is 6.67. The molecule has 0 saturated heterocycles. The largest absolute Gasteiger partial charge is 0.397 e. The number of rotatable bonds is 1. The third-order valence-electron chi connectivity index (χ3n) is 3.12. The number of hydrogen-bond donors (Lipinski definition) is 2. The molecule has 4 N–H and O–H groups in total. The Morgan fingerprint density at radius 2 is 1.04 bits per heavy atom. The summed E-state index contributed by atoms with van der Waals surface area (Å²) in [4.78, 5) is 0. The lowest BCUT2D eigenvalue weighted by Crippen LogP contribution is -2.07. The van der Waals surface area contributed by atoms with Gasteiger partial charge in [0.2, 0.25) is 3.79 Å². The molecule has 0 aliphatic heterocycles.